The molecule has 2 aromatic carbocycles. The quantitative estimate of drug-likeness (QED) is 0.651. The Hall–Kier alpha value is -2.60. The van der Waals surface area contributed by atoms with Gasteiger partial charge in [-0.05, 0) is 74.2 Å². The lowest BCUT2D eigenvalue weighted by molar-refractivity contribution is -0.122. The molecule has 0 aromatic heterocycles. The number of nitrogens with one attached hydrogen (secondary N) is 1. The number of benzene rings is 2. The Balaban J connectivity index is 1.39. The van der Waals surface area contributed by atoms with Crippen molar-refractivity contribution < 1.29 is 14.4 Å². The van der Waals surface area contributed by atoms with Gasteiger partial charge in [0, 0.05) is 22.9 Å². The van der Waals surface area contributed by atoms with Crippen LogP contribution in [-0.4, -0.2) is 23.0 Å². The summed E-state index contributed by atoms with van der Waals surface area (Å²) in [6, 6.07) is 13.2. The van der Waals surface area contributed by atoms with Crippen LogP contribution in [0.1, 0.15) is 49.7 Å². The molecule has 1 atom stereocenters. The van der Waals surface area contributed by atoms with Gasteiger partial charge in [0.2, 0.25) is 17.7 Å². The number of nitrogens with zero attached hydrogens (tertiary/aromatic N) is 1. The fourth-order valence-corrected chi connectivity index (χ4v) is 5.28. The van der Waals surface area contributed by atoms with Gasteiger partial charge in [0.1, 0.15) is 0 Å². The van der Waals surface area contributed by atoms with Gasteiger partial charge in [-0.3, -0.25) is 14.4 Å². The van der Waals surface area contributed by atoms with Crippen LogP contribution >= 0.6 is 11.8 Å². The fourth-order valence-electron chi connectivity index (χ4n) is 4.22. The lowest BCUT2D eigenvalue weighted by atomic mass is 9.88. The van der Waals surface area contributed by atoms with E-state index in [1.165, 1.54) is 23.1 Å². The van der Waals surface area contributed by atoms with Crippen LogP contribution in [0.2, 0.25) is 0 Å². The molecule has 1 unspecified atom stereocenters. The highest BCUT2D eigenvalue weighted by Crippen LogP contribution is 2.35. The maximum atomic E-state index is 12.9. The molecule has 0 spiro atoms. The second kappa shape index (κ2) is 9.27. The van der Waals surface area contributed by atoms with E-state index < -0.39 is 5.25 Å². The van der Waals surface area contributed by atoms with E-state index in [-0.39, 0.29) is 30.1 Å². The van der Waals surface area contributed by atoms with Gasteiger partial charge >= 0.3 is 0 Å². The Kier molecular flexibility index (Phi) is 6.46. The van der Waals surface area contributed by atoms with Gasteiger partial charge < -0.3 is 5.32 Å². The van der Waals surface area contributed by atoms with Crippen molar-refractivity contribution in [2.24, 2.45) is 5.92 Å². The number of hydrogen-bond donors (Lipinski definition) is 1. The molecule has 1 saturated carbocycles. The highest BCUT2D eigenvalue weighted by atomic mass is 32.2. The maximum absolute atomic E-state index is 12.9. The van der Waals surface area contributed by atoms with Gasteiger partial charge in [-0.15, -0.1) is 11.8 Å². The minimum Gasteiger partial charge on any atom is -0.326 e. The van der Waals surface area contributed by atoms with E-state index >= 15 is 0 Å². The van der Waals surface area contributed by atoms with Crippen LogP contribution in [-0.2, 0) is 14.4 Å². The molecular formula is C25H28N2O3S. The second-order valence-electron chi connectivity index (χ2n) is 8.50. The smallest absolute Gasteiger partial charge is 0.247 e. The number of carbonyl (C=O) groups is 3. The Bertz CT molecular complexity index is 996. The van der Waals surface area contributed by atoms with E-state index in [1.54, 1.807) is 0 Å². The van der Waals surface area contributed by atoms with Crippen molar-refractivity contribution in [3.63, 3.8) is 0 Å². The van der Waals surface area contributed by atoms with Crippen LogP contribution in [0.15, 0.2) is 47.4 Å². The summed E-state index contributed by atoms with van der Waals surface area (Å²) in [5.41, 5.74) is 3.59. The number of imide groups is 1. The molecule has 2 fully saturated rings. The van der Waals surface area contributed by atoms with Gasteiger partial charge in [-0.1, -0.05) is 25.3 Å². The molecule has 5 nitrogen and oxygen atoms in total. The molecule has 0 radical (unpaired) electrons. The van der Waals surface area contributed by atoms with Gasteiger partial charge in [0.25, 0.3) is 0 Å². The molecule has 1 aliphatic carbocycles. The number of carbonyl (C=O) groups excluding carboxylic acids is 3. The van der Waals surface area contributed by atoms with Crippen molar-refractivity contribution in [1.29, 1.82) is 0 Å². The van der Waals surface area contributed by atoms with E-state index in [9.17, 15) is 14.4 Å². The molecule has 4 rings (SSSR count). The molecule has 2 aromatic rings. The Morgan fingerprint density at radius 3 is 2.35 bits per heavy atom. The van der Waals surface area contributed by atoms with E-state index in [4.69, 9.17) is 0 Å². The number of thioether (sulfide) groups is 1. The summed E-state index contributed by atoms with van der Waals surface area (Å²) in [6.45, 7) is 3.98. The molecule has 2 aliphatic rings. The van der Waals surface area contributed by atoms with Crippen molar-refractivity contribution in [1.82, 2.24) is 0 Å². The van der Waals surface area contributed by atoms with Gasteiger partial charge in [-0.2, -0.15) is 0 Å². The van der Waals surface area contributed by atoms with Crippen LogP contribution in [0.5, 0.6) is 0 Å². The summed E-state index contributed by atoms with van der Waals surface area (Å²) < 4.78 is 0. The summed E-state index contributed by atoms with van der Waals surface area (Å²) in [4.78, 5) is 40.1. The van der Waals surface area contributed by atoms with Gasteiger partial charge in [0.15, 0.2) is 0 Å². The SMILES string of the molecule is Cc1ccc(N2C(=O)CC(Sc3ccc(NC(=O)C4CCCCC4)cc3)C2=O)cc1C. The van der Waals surface area contributed by atoms with Crippen LogP contribution in [0.4, 0.5) is 11.4 Å². The summed E-state index contributed by atoms with van der Waals surface area (Å²) in [5, 5.41) is 2.58. The first-order valence-electron chi connectivity index (χ1n) is 10.9. The van der Waals surface area contributed by atoms with Crippen LogP contribution in [0, 0.1) is 19.8 Å². The van der Waals surface area contributed by atoms with E-state index in [1.807, 2.05) is 56.3 Å². The first kappa shape index (κ1) is 21.6. The van der Waals surface area contributed by atoms with Crippen molar-refractivity contribution >= 4 is 40.9 Å². The van der Waals surface area contributed by atoms with E-state index in [0.29, 0.717) is 5.69 Å². The molecule has 1 N–H and O–H groups in total. The first-order valence-corrected chi connectivity index (χ1v) is 11.8. The molecule has 1 heterocycles. The minimum absolute atomic E-state index is 0.0979. The van der Waals surface area contributed by atoms with E-state index in [0.717, 1.165) is 47.4 Å². The summed E-state index contributed by atoms with van der Waals surface area (Å²) in [5.74, 6) is -0.128. The monoisotopic (exact) mass is 436 g/mol. The van der Waals surface area contributed by atoms with Gasteiger partial charge in [-0.25, -0.2) is 4.90 Å². The molecule has 3 amide bonds. The molecular weight excluding hydrogens is 408 g/mol. The number of anilines is 2. The van der Waals surface area contributed by atoms with Crippen molar-refractivity contribution in [3.05, 3.63) is 53.6 Å². The van der Waals surface area contributed by atoms with Crippen molar-refractivity contribution in [3.8, 4) is 0 Å². The third-order valence-corrected chi connectivity index (χ3v) is 7.43. The molecule has 0 bridgehead atoms. The highest BCUT2D eigenvalue weighted by molar-refractivity contribution is 8.00. The highest BCUT2D eigenvalue weighted by Gasteiger charge is 2.40. The van der Waals surface area contributed by atoms with E-state index in [2.05, 4.69) is 5.32 Å². The summed E-state index contributed by atoms with van der Waals surface area (Å²) in [7, 11) is 0. The fraction of sp³-hybridized carbons (Fsp3) is 0.400. The van der Waals surface area contributed by atoms with Crippen molar-refractivity contribution in [2.45, 2.75) is 62.5 Å². The zero-order valence-corrected chi connectivity index (χ0v) is 18.8. The topological polar surface area (TPSA) is 66.5 Å². The Morgan fingerprint density at radius 2 is 1.68 bits per heavy atom. The third kappa shape index (κ3) is 4.85. The van der Waals surface area contributed by atoms with Crippen LogP contribution in [0.25, 0.3) is 0 Å². The number of hydrogen-bond acceptors (Lipinski definition) is 4. The molecule has 162 valence electrons. The van der Waals surface area contributed by atoms with Crippen molar-refractivity contribution in [2.75, 3.05) is 10.2 Å². The molecule has 1 saturated heterocycles. The lowest BCUT2D eigenvalue weighted by Gasteiger charge is -2.20. The lowest BCUT2D eigenvalue weighted by Crippen LogP contribution is -2.31. The largest absolute Gasteiger partial charge is 0.326 e. The maximum Gasteiger partial charge on any atom is 0.247 e. The number of rotatable bonds is 5. The minimum atomic E-state index is -0.434. The molecule has 31 heavy (non-hydrogen) atoms. The summed E-state index contributed by atoms with van der Waals surface area (Å²) in [6.07, 6.45) is 5.60. The Morgan fingerprint density at radius 1 is 0.968 bits per heavy atom. The standard InChI is InChI=1S/C25H28N2O3S/c1-16-8-11-20(14-17(16)2)27-23(28)15-22(25(27)30)31-21-12-9-19(10-13-21)26-24(29)18-6-4-3-5-7-18/h8-14,18,22H,3-7,15H2,1-2H3,(H,26,29). The average molecular weight is 437 g/mol. The second-order valence-corrected chi connectivity index (χ2v) is 9.77. The predicted octanol–water partition coefficient (Wildman–Crippen LogP) is 5.25. The number of amides is 3. The zero-order valence-electron chi connectivity index (χ0n) is 18.0. The predicted molar refractivity (Wildman–Crippen MR) is 124 cm³/mol. The normalized spacial score (nSPS) is 19.7. The van der Waals surface area contributed by atoms with Crippen LogP contribution in [0.3, 0.4) is 0 Å². The first-order chi connectivity index (χ1) is 14.9. The number of aryl methyl sites for hydroxylation is 2. The summed E-state index contributed by atoms with van der Waals surface area (Å²) >= 11 is 1.40. The Labute approximate surface area is 187 Å². The zero-order chi connectivity index (χ0) is 22.0. The third-order valence-electron chi connectivity index (χ3n) is 6.23. The van der Waals surface area contributed by atoms with Gasteiger partial charge in [0.05, 0.1) is 10.9 Å². The average Bonchev–Trinajstić information content (AvgIpc) is 3.05. The molecule has 6 heteroatoms. The molecule has 1 aliphatic heterocycles. The van der Waals surface area contributed by atoms with Crippen LogP contribution < -0.4 is 10.2 Å².